The highest BCUT2D eigenvalue weighted by Crippen LogP contribution is 2.35. The van der Waals surface area contributed by atoms with Gasteiger partial charge in [0.25, 0.3) is 0 Å². The van der Waals surface area contributed by atoms with Crippen LogP contribution in [-0.4, -0.2) is 0 Å². The summed E-state index contributed by atoms with van der Waals surface area (Å²) in [5.74, 6) is 0. The van der Waals surface area contributed by atoms with E-state index in [1.807, 2.05) is 0 Å². The molecule has 0 amide bonds. The van der Waals surface area contributed by atoms with Gasteiger partial charge in [0.15, 0.2) is 0 Å². The van der Waals surface area contributed by atoms with Gasteiger partial charge in [0, 0.05) is 40.2 Å². The molecule has 0 unspecified atom stereocenters. The van der Waals surface area contributed by atoms with Crippen molar-refractivity contribution in [2.24, 2.45) is 0 Å². The number of aryl methyl sites for hydroxylation is 2. The van der Waals surface area contributed by atoms with Gasteiger partial charge in [-0.25, -0.2) is 0 Å². The lowest BCUT2D eigenvalue weighted by atomic mass is 9.98. The lowest BCUT2D eigenvalue weighted by molar-refractivity contribution is 1.27. The van der Waals surface area contributed by atoms with Crippen molar-refractivity contribution in [1.29, 1.82) is 0 Å². The smallest absolute Gasteiger partial charge is 0.0462 e. The highest BCUT2D eigenvalue weighted by Gasteiger charge is 2.13. The molecule has 2 nitrogen and oxygen atoms in total. The van der Waals surface area contributed by atoms with Gasteiger partial charge >= 0.3 is 0 Å². The third-order valence-corrected chi connectivity index (χ3v) is 8.84. The van der Waals surface area contributed by atoms with Crippen molar-refractivity contribution in [3.05, 3.63) is 228 Å². The van der Waals surface area contributed by atoms with E-state index in [1.54, 1.807) is 0 Å². The molecule has 0 N–H and O–H groups in total. The monoisotopic (exact) mass is 644 g/mol. The molecule has 7 aromatic rings. The highest BCUT2D eigenvalue weighted by atomic mass is 15.1. The zero-order valence-corrected chi connectivity index (χ0v) is 28.5. The first-order valence-electron chi connectivity index (χ1n) is 17.1. The lowest BCUT2D eigenvalue weighted by Gasteiger charge is -2.25. The van der Waals surface area contributed by atoms with Crippen LogP contribution in [0.25, 0.3) is 17.7 Å². The Morgan fingerprint density at radius 1 is 0.360 bits per heavy atom. The molecule has 0 aromatic heterocycles. The molecule has 0 aliphatic heterocycles. The van der Waals surface area contributed by atoms with E-state index in [1.165, 1.54) is 22.3 Å². The fourth-order valence-electron chi connectivity index (χ4n) is 6.07. The maximum atomic E-state index is 2.30. The standard InChI is InChI=1S/C48H40N2/c1-37-18-28-45(29-19-37)50(46-30-20-38(2)21-31-46)47-34-26-40(27-35-47)23-22-39-24-32-44(33-25-39)49(43-16-10-5-11-17-43)36-48(41-12-6-3-7-13-41)42-14-8-4-9-15-42/h3-36H,1-2H3/b23-22+. The zero-order valence-electron chi connectivity index (χ0n) is 28.5. The second-order valence-corrected chi connectivity index (χ2v) is 12.5. The van der Waals surface area contributed by atoms with E-state index in [9.17, 15) is 0 Å². The third kappa shape index (κ3) is 7.67. The van der Waals surface area contributed by atoms with E-state index in [4.69, 9.17) is 0 Å². The fraction of sp³-hybridized carbons (Fsp3) is 0.0417. The Bertz CT molecular complexity index is 2080. The highest BCUT2D eigenvalue weighted by molar-refractivity contribution is 5.84. The van der Waals surface area contributed by atoms with Gasteiger partial charge in [-0.15, -0.1) is 0 Å². The number of nitrogens with zero attached hydrogens (tertiary/aromatic N) is 2. The first-order chi connectivity index (χ1) is 24.6. The molecule has 7 aromatic carbocycles. The molecule has 0 saturated carbocycles. The van der Waals surface area contributed by atoms with Gasteiger partial charge in [0.1, 0.15) is 0 Å². The summed E-state index contributed by atoms with van der Waals surface area (Å²) >= 11 is 0. The van der Waals surface area contributed by atoms with Gasteiger partial charge < -0.3 is 9.80 Å². The van der Waals surface area contributed by atoms with Crippen LogP contribution in [0.3, 0.4) is 0 Å². The molecule has 0 saturated heterocycles. The van der Waals surface area contributed by atoms with Crippen molar-refractivity contribution in [3.63, 3.8) is 0 Å². The van der Waals surface area contributed by atoms with Crippen molar-refractivity contribution >= 4 is 46.2 Å². The van der Waals surface area contributed by atoms with Gasteiger partial charge in [-0.1, -0.05) is 151 Å². The molecular formula is C48H40N2. The number of rotatable bonds is 10. The van der Waals surface area contributed by atoms with Crippen LogP contribution in [0.4, 0.5) is 28.4 Å². The van der Waals surface area contributed by atoms with Crippen LogP contribution in [0.15, 0.2) is 194 Å². The van der Waals surface area contributed by atoms with Crippen LogP contribution in [0, 0.1) is 13.8 Å². The van der Waals surface area contributed by atoms with Crippen LogP contribution in [-0.2, 0) is 0 Å². The van der Waals surface area contributed by atoms with Crippen molar-refractivity contribution in [2.75, 3.05) is 9.80 Å². The topological polar surface area (TPSA) is 6.48 Å². The van der Waals surface area contributed by atoms with Gasteiger partial charge in [0.2, 0.25) is 0 Å². The molecule has 0 aliphatic rings. The van der Waals surface area contributed by atoms with E-state index >= 15 is 0 Å². The minimum Gasteiger partial charge on any atom is -0.317 e. The molecule has 0 fully saturated rings. The van der Waals surface area contributed by atoms with Crippen molar-refractivity contribution in [1.82, 2.24) is 0 Å². The average Bonchev–Trinajstić information content (AvgIpc) is 3.18. The maximum Gasteiger partial charge on any atom is 0.0462 e. The number of benzene rings is 7. The van der Waals surface area contributed by atoms with Crippen LogP contribution in [0.2, 0.25) is 0 Å². The molecule has 50 heavy (non-hydrogen) atoms. The summed E-state index contributed by atoms with van der Waals surface area (Å²) in [4.78, 5) is 4.58. The van der Waals surface area contributed by atoms with Gasteiger partial charge in [-0.05, 0) is 96.8 Å². The maximum absolute atomic E-state index is 2.30. The molecule has 0 radical (unpaired) electrons. The second-order valence-electron chi connectivity index (χ2n) is 12.5. The molecular weight excluding hydrogens is 605 g/mol. The van der Waals surface area contributed by atoms with E-state index < -0.39 is 0 Å². The summed E-state index contributed by atoms with van der Waals surface area (Å²) in [7, 11) is 0. The lowest BCUT2D eigenvalue weighted by Crippen LogP contribution is -2.10. The molecule has 7 rings (SSSR count). The summed E-state index contributed by atoms with van der Waals surface area (Å²) in [5, 5.41) is 0. The Kier molecular flexibility index (Phi) is 9.80. The van der Waals surface area contributed by atoms with E-state index in [0.29, 0.717) is 0 Å². The number of anilines is 5. The summed E-state index contributed by atoms with van der Waals surface area (Å²) in [6, 6.07) is 66.7. The van der Waals surface area contributed by atoms with Crippen molar-refractivity contribution in [2.45, 2.75) is 13.8 Å². The Hall–Kier alpha value is -6.38. The molecule has 0 atom stereocenters. The number of hydrogen-bond donors (Lipinski definition) is 0. The normalized spacial score (nSPS) is 10.9. The number of hydrogen-bond acceptors (Lipinski definition) is 2. The van der Waals surface area contributed by atoms with E-state index in [2.05, 4.69) is 230 Å². The van der Waals surface area contributed by atoms with Gasteiger partial charge in [-0.3, -0.25) is 0 Å². The first kappa shape index (κ1) is 32.2. The second kappa shape index (κ2) is 15.2. The molecule has 0 aliphatic carbocycles. The molecule has 0 heterocycles. The zero-order chi connectivity index (χ0) is 34.1. The number of para-hydroxylation sites is 1. The van der Waals surface area contributed by atoms with E-state index in [0.717, 1.165) is 45.1 Å². The minimum absolute atomic E-state index is 1.09. The quantitative estimate of drug-likeness (QED) is 0.137. The van der Waals surface area contributed by atoms with Crippen LogP contribution < -0.4 is 9.80 Å². The average molecular weight is 645 g/mol. The van der Waals surface area contributed by atoms with Crippen molar-refractivity contribution < 1.29 is 0 Å². The Morgan fingerprint density at radius 3 is 1.12 bits per heavy atom. The molecule has 242 valence electrons. The van der Waals surface area contributed by atoms with Crippen molar-refractivity contribution in [3.8, 4) is 0 Å². The fourth-order valence-corrected chi connectivity index (χ4v) is 6.07. The Morgan fingerprint density at radius 2 is 0.700 bits per heavy atom. The predicted molar refractivity (Wildman–Crippen MR) is 215 cm³/mol. The summed E-state index contributed by atoms with van der Waals surface area (Å²) in [6.45, 7) is 4.25. The van der Waals surface area contributed by atoms with Gasteiger partial charge in [0.05, 0.1) is 0 Å². The molecule has 0 spiro atoms. The largest absolute Gasteiger partial charge is 0.317 e. The summed E-state index contributed by atoms with van der Waals surface area (Å²) in [6.07, 6.45) is 6.61. The third-order valence-electron chi connectivity index (χ3n) is 8.84. The Balaban J connectivity index is 1.15. The Labute approximate surface area is 296 Å². The predicted octanol–water partition coefficient (Wildman–Crippen LogP) is 13.2. The van der Waals surface area contributed by atoms with E-state index in [-0.39, 0.29) is 0 Å². The van der Waals surface area contributed by atoms with Gasteiger partial charge in [-0.2, -0.15) is 0 Å². The van der Waals surface area contributed by atoms with Crippen LogP contribution in [0.1, 0.15) is 33.4 Å². The minimum atomic E-state index is 1.09. The van der Waals surface area contributed by atoms with Crippen LogP contribution in [0.5, 0.6) is 0 Å². The summed E-state index contributed by atoms with van der Waals surface area (Å²) in [5.41, 5.74) is 13.9. The SMILES string of the molecule is Cc1ccc(N(c2ccc(C)cc2)c2ccc(/C=C/c3ccc(N(C=C(c4ccccc4)c4ccccc4)c4ccccc4)cc3)cc2)cc1. The first-order valence-corrected chi connectivity index (χ1v) is 17.1. The summed E-state index contributed by atoms with van der Waals surface area (Å²) < 4.78 is 0. The molecule has 2 heteroatoms. The molecule has 0 bridgehead atoms. The van der Waals surface area contributed by atoms with Crippen LogP contribution >= 0.6 is 0 Å².